The largest absolute Gasteiger partial charge is 0.389 e. The van der Waals surface area contributed by atoms with Gasteiger partial charge in [-0.25, -0.2) is 13.1 Å². The monoisotopic (exact) mass is 306 g/mol. The zero-order chi connectivity index (χ0) is 14.0. The molecule has 0 aliphatic rings. The van der Waals surface area contributed by atoms with E-state index in [-0.39, 0.29) is 14.6 Å². The third-order valence-electron chi connectivity index (χ3n) is 2.26. The van der Waals surface area contributed by atoms with Crippen LogP contribution in [0.3, 0.4) is 0 Å². The number of hydrogen-bond acceptors (Lipinski definition) is 4. The van der Waals surface area contributed by atoms with Gasteiger partial charge in [-0.3, -0.25) is 0 Å². The lowest BCUT2D eigenvalue weighted by molar-refractivity contribution is 0.378. The summed E-state index contributed by atoms with van der Waals surface area (Å²) in [5, 5.41) is 0. The molecule has 1 heterocycles. The number of nitrogens with two attached hydrogens (primary N) is 1. The van der Waals surface area contributed by atoms with Gasteiger partial charge in [0.1, 0.15) is 9.20 Å². The fourth-order valence-corrected chi connectivity index (χ4v) is 3.66. The van der Waals surface area contributed by atoms with E-state index >= 15 is 0 Å². The number of sulfonamides is 1. The molecule has 0 radical (unpaired) electrons. The lowest BCUT2D eigenvalue weighted by atomic mass is 9.93. The van der Waals surface area contributed by atoms with Gasteiger partial charge in [-0.1, -0.05) is 33.0 Å². The molecule has 0 saturated heterocycles. The van der Waals surface area contributed by atoms with Crippen LogP contribution in [-0.4, -0.2) is 20.0 Å². The van der Waals surface area contributed by atoms with E-state index in [9.17, 15) is 8.42 Å². The van der Waals surface area contributed by atoms with Crippen molar-refractivity contribution in [3.8, 4) is 0 Å². The van der Waals surface area contributed by atoms with E-state index in [1.54, 1.807) is 6.07 Å². The second-order valence-corrected chi connectivity index (χ2v) is 8.71. The van der Waals surface area contributed by atoms with Crippen LogP contribution in [0.1, 0.15) is 32.1 Å². The highest BCUT2D eigenvalue weighted by atomic mass is 32.2. The van der Waals surface area contributed by atoms with Gasteiger partial charge >= 0.3 is 0 Å². The molecule has 7 heteroatoms. The summed E-state index contributed by atoms with van der Waals surface area (Å²) < 4.78 is 26.8. The maximum atomic E-state index is 12.0. The SMILES string of the molecule is CC(C)(C)CCNS(=O)(=O)c1ccc(C(N)=S)s1. The molecule has 18 heavy (non-hydrogen) atoms. The van der Waals surface area contributed by atoms with Crippen molar-refractivity contribution in [1.82, 2.24) is 4.72 Å². The van der Waals surface area contributed by atoms with Crippen LogP contribution in [0.15, 0.2) is 16.3 Å². The average Bonchev–Trinajstić information content (AvgIpc) is 2.63. The van der Waals surface area contributed by atoms with E-state index in [4.69, 9.17) is 18.0 Å². The first-order valence-corrected chi connectivity index (χ1v) is 8.22. The lowest BCUT2D eigenvalue weighted by Crippen LogP contribution is -2.26. The van der Waals surface area contributed by atoms with E-state index in [0.717, 1.165) is 17.8 Å². The summed E-state index contributed by atoms with van der Waals surface area (Å²) in [5.74, 6) is 0. The highest BCUT2D eigenvalue weighted by molar-refractivity contribution is 7.91. The van der Waals surface area contributed by atoms with Crippen LogP contribution in [-0.2, 0) is 10.0 Å². The molecule has 0 unspecified atom stereocenters. The van der Waals surface area contributed by atoms with Crippen molar-refractivity contribution in [2.24, 2.45) is 11.1 Å². The summed E-state index contributed by atoms with van der Waals surface area (Å²) in [6, 6.07) is 3.16. The average molecular weight is 306 g/mol. The van der Waals surface area contributed by atoms with Crippen LogP contribution >= 0.6 is 23.6 Å². The molecule has 1 aromatic heterocycles. The Balaban J connectivity index is 2.71. The van der Waals surface area contributed by atoms with Crippen molar-refractivity contribution in [3.05, 3.63) is 17.0 Å². The minimum Gasteiger partial charge on any atom is -0.389 e. The smallest absolute Gasteiger partial charge is 0.250 e. The van der Waals surface area contributed by atoms with Gasteiger partial charge in [0, 0.05) is 6.54 Å². The van der Waals surface area contributed by atoms with Crippen LogP contribution in [0.25, 0.3) is 0 Å². The van der Waals surface area contributed by atoms with Crippen LogP contribution in [0.2, 0.25) is 0 Å². The maximum Gasteiger partial charge on any atom is 0.250 e. The molecule has 0 bridgehead atoms. The minimum absolute atomic E-state index is 0.0992. The van der Waals surface area contributed by atoms with Gasteiger partial charge in [-0.05, 0) is 24.0 Å². The Labute approximate surface area is 118 Å². The summed E-state index contributed by atoms with van der Waals surface area (Å²) in [6.07, 6.45) is 0.778. The third-order valence-corrected chi connectivity index (χ3v) is 5.68. The Morgan fingerprint density at radius 1 is 1.44 bits per heavy atom. The summed E-state index contributed by atoms with van der Waals surface area (Å²) in [6.45, 7) is 6.62. The van der Waals surface area contributed by atoms with Gasteiger partial charge in [-0.15, -0.1) is 11.3 Å². The van der Waals surface area contributed by atoms with E-state index in [2.05, 4.69) is 25.5 Å². The van der Waals surface area contributed by atoms with Crippen molar-refractivity contribution in [1.29, 1.82) is 0 Å². The van der Waals surface area contributed by atoms with Gasteiger partial charge in [-0.2, -0.15) is 0 Å². The van der Waals surface area contributed by atoms with Crippen molar-refractivity contribution in [2.75, 3.05) is 6.54 Å². The Kier molecular flexibility index (Phi) is 4.88. The number of nitrogens with one attached hydrogen (secondary N) is 1. The van der Waals surface area contributed by atoms with Gasteiger partial charge in [0.15, 0.2) is 0 Å². The van der Waals surface area contributed by atoms with Crippen molar-refractivity contribution in [3.63, 3.8) is 0 Å². The van der Waals surface area contributed by atoms with Crippen LogP contribution in [0.5, 0.6) is 0 Å². The first-order chi connectivity index (χ1) is 8.12. The molecule has 0 fully saturated rings. The zero-order valence-electron chi connectivity index (χ0n) is 10.7. The zero-order valence-corrected chi connectivity index (χ0v) is 13.1. The second kappa shape index (κ2) is 5.64. The fraction of sp³-hybridized carbons (Fsp3) is 0.545. The van der Waals surface area contributed by atoms with Crippen LogP contribution in [0, 0.1) is 5.41 Å². The Bertz CT molecular complexity index is 527. The van der Waals surface area contributed by atoms with Gasteiger partial charge in [0.05, 0.1) is 4.88 Å². The quantitative estimate of drug-likeness (QED) is 0.817. The fourth-order valence-electron chi connectivity index (χ4n) is 1.23. The molecule has 3 N–H and O–H groups in total. The topological polar surface area (TPSA) is 72.2 Å². The molecule has 0 spiro atoms. The Morgan fingerprint density at radius 2 is 2.06 bits per heavy atom. The molecule has 1 aromatic rings. The van der Waals surface area contributed by atoms with Crippen LogP contribution in [0.4, 0.5) is 0 Å². The van der Waals surface area contributed by atoms with Crippen molar-refractivity contribution in [2.45, 2.75) is 31.4 Å². The highest BCUT2D eigenvalue weighted by Crippen LogP contribution is 2.22. The molecule has 0 saturated carbocycles. The maximum absolute atomic E-state index is 12.0. The summed E-state index contributed by atoms with van der Waals surface area (Å²) in [5.41, 5.74) is 5.55. The van der Waals surface area contributed by atoms with Gasteiger partial charge < -0.3 is 5.73 Å². The second-order valence-electron chi connectivity index (χ2n) is 5.19. The van der Waals surface area contributed by atoms with E-state index in [1.165, 1.54) is 6.07 Å². The van der Waals surface area contributed by atoms with E-state index < -0.39 is 10.0 Å². The summed E-state index contributed by atoms with van der Waals surface area (Å²) in [7, 11) is -3.44. The van der Waals surface area contributed by atoms with E-state index in [1.807, 2.05) is 0 Å². The molecule has 0 aliphatic carbocycles. The predicted molar refractivity (Wildman–Crippen MR) is 79.5 cm³/mol. The van der Waals surface area contributed by atoms with Crippen molar-refractivity contribution < 1.29 is 8.42 Å². The standard InChI is InChI=1S/C11H18N2O2S3/c1-11(2,3)6-7-13-18(14,15)9-5-4-8(17-9)10(12)16/h4-5,13H,6-7H2,1-3H3,(H2,12,16). The normalized spacial score (nSPS) is 12.6. The molecule has 1 rings (SSSR count). The molecule has 102 valence electrons. The molecule has 4 nitrogen and oxygen atoms in total. The number of thiophene rings is 1. The van der Waals surface area contributed by atoms with Crippen molar-refractivity contribution >= 4 is 38.6 Å². The Morgan fingerprint density at radius 3 is 2.50 bits per heavy atom. The minimum atomic E-state index is -3.44. The molecular formula is C11H18N2O2S3. The van der Waals surface area contributed by atoms with Gasteiger partial charge in [0.25, 0.3) is 0 Å². The third kappa shape index (κ3) is 4.64. The molecule has 0 atom stereocenters. The predicted octanol–water partition coefficient (Wildman–Crippen LogP) is 2.10. The molecular weight excluding hydrogens is 288 g/mol. The molecule has 0 amide bonds. The van der Waals surface area contributed by atoms with E-state index in [0.29, 0.717) is 11.4 Å². The highest BCUT2D eigenvalue weighted by Gasteiger charge is 2.18. The molecule has 0 aliphatic heterocycles. The summed E-state index contributed by atoms with van der Waals surface area (Å²) >= 11 is 5.90. The first kappa shape index (κ1) is 15.6. The Hall–Kier alpha value is -0.500. The number of hydrogen-bond donors (Lipinski definition) is 2. The van der Waals surface area contributed by atoms with Gasteiger partial charge in [0.2, 0.25) is 10.0 Å². The summed E-state index contributed by atoms with van der Waals surface area (Å²) in [4.78, 5) is 0.831. The number of rotatable bonds is 5. The van der Waals surface area contributed by atoms with Crippen LogP contribution < -0.4 is 10.5 Å². The lowest BCUT2D eigenvalue weighted by Gasteiger charge is -2.17. The first-order valence-electron chi connectivity index (χ1n) is 5.51. The number of thiocarbonyl (C=S) groups is 1. The molecule has 0 aromatic carbocycles.